The lowest BCUT2D eigenvalue weighted by molar-refractivity contribution is -0.191. The minimum atomic E-state index is 0.250. The van der Waals surface area contributed by atoms with Crippen LogP contribution in [0, 0.1) is 6.92 Å². The molecule has 0 fully saturated rings. The SMILES string of the molecule is Cc1cc(N)c2c(OCCCOc3ccccc3)cccc2n1.O=C=O. The second-order valence-corrected chi connectivity index (χ2v) is 5.45. The third-order valence-corrected chi connectivity index (χ3v) is 3.51. The molecule has 0 aliphatic heterocycles. The van der Waals surface area contributed by atoms with Crippen LogP contribution >= 0.6 is 0 Å². The number of aromatic nitrogens is 1. The largest absolute Gasteiger partial charge is 0.493 e. The minimum absolute atomic E-state index is 0.250. The molecule has 0 amide bonds. The maximum absolute atomic E-state index is 8.12. The van der Waals surface area contributed by atoms with Crippen molar-refractivity contribution in [1.82, 2.24) is 4.98 Å². The molecule has 2 aromatic carbocycles. The number of para-hydroxylation sites is 1. The van der Waals surface area contributed by atoms with Gasteiger partial charge in [0.05, 0.1) is 24.1 Å². The molecule has 0 spiro atoms. The molecule has 26 heavy (non-hydrogen) atoms. The molecule has 0 atom stereocenters. The highest BCUT2D eigenvalue weighted by Gasteiger charge is 2.07. The highest BCUT2D eigenvalue weighted by atomic mass is 16.5. The van der Waals surface area contributed by atoms with Crippen molar-refractivity contribution < 1.29 is 19.1 Å². The number of ether oxygens (including phenoxy) is 2. The lowest BCUT2D eigenvalue weighted by atomic mass is 10.1. The molecule has 0 saturated carbocycles. The van der Waals surface area contributed by atoms with Gasteiger partial charge in [-0.1, -0.05) is 24.3 Å². The number of aryl methyl sites for hydroxylation is 1. The van der Waals surface area contributed by atoms with Crippen LogP contribution in [-0.4, -0.2) is 24.3 Å². The third-order valence-electron chi connectivity index (χ3n) is 3.51. The van der Waals surface area contributed by atoms with Gasteiger partial charge in [0.15, 0.2) is 0 Å². The number of nitrogens with two attached hydrogens (primary N) is 1. The van der Waals surface area contributed by atoms with Gasteiger partial charge < -0.3 is 15.2 Å². The molecule has 134 valence electrons. The molecule has 1 aromatic heterocycles. The molecule has 6 nitrogen and oxygen atoms in total. The molecule has 3 aromatic rings. The van der Waals surface area contributed by atoms with E-state index in [2.05, 4.69) is 4.98 Å². The average Bonchev–Trinajstić information content (AvgIpc) is 2.62. The number of rotatable bonds is 6. The van der Waals surface area contributed by atoms with Crippen molar-refractivity contribution >= 4 is 22.7 Å². The summed E-state index contributed by atoms with van der Waals surface area (Å²) in [6, 6.07) is 17.5. The first-order valence-electron chi connectivity index (χ1n) is 8.11. The second-order valence-electron chi connectivity index (χ2n) is 5.45. The maximum atomic E-state index is 8.12. The Balaban J connectivity index is 0.000000758. The van der Waals surface area contributed by atoms with Gasteiger partial charge in [0, 0.05) is 17.8 Å². The normalized spacial score (nSPS) is 9.73. The van der Waals surface area contributed by atoms with Crippen LogP contribution < -0.4 is 15.2 Å². The number of hydrogen-bond acceptors (Lipinski definition) is 6. The van der Waals surface area contributed by atoms with E-state index >= 15 is 0 Å². The summed E-state index contributed by atoms with van der Waals surface area (Å²) in [5.41, 5.74) is 8.58. The third kappa shape index (κ3) is 5.33. The Bertz CT molecular complexity index is 876. The number of carbonyl (C=O) groups excluding carboxylic acids is 2. The predicted octanol–water partition coefficient (Wildman–Crippen LogP) is 3.39. The standard InChI is InChI=1S/C19H20N2O2.CO2/c1-14-13-16(20)19-17(21-14)9-5-10-18(19)23-12-6-11-22-15-7-3-2-4-8-15;2-1-3/h2-5,7-10,13H,6,11-12H2,1H3,(H2,20,21);. The van der Waals surface area contributed by atoms with Gasteiger partial charge in [-0.25, -0.2) is 0 Å². The summed E-state index contributed by atoms with van der Waals surface area (Å²) in [7, 11) is 0. The molecule has 0 unspecified atom stereocenters. The monoisotopic (exact) mass is 352 g/mol. The first-order chi connectivity index (χ1) is 12.7. The number of anilines is 1. The zero-order valence-electron chi connectivity index (χ0n) is 14.5. The summed E-state index contributed by atoms with van der Waals surface area (Å²) in [6.07, 6.45) is 1.05. The van der Waals surface area contributed by atoms with Crippen molar-refractivity contribution in [3.8, 4) is 11.5 Å². The van der Waals surface area contributed by atoms with Crippen LogP contribution in [0.5, 0.6) is 11.5 Å². The molecule has 2 N–H and O–H groups in total. The van der Waals surface area contributed by atoms with E-state index in [1.54, 1.807) is 0 Å². The molecule has 3 rings (SSSR count). The fourth-order valence-electron chi connectivity index (χ4n) is 2.49. The van der Waals surface area contributed by atoms with Gasteiger partial charge in [0.1, 0.15) is 11.5 Å². The van der Waals surface area contributed by atoms with Crippen LogP contribution in [-0.2, 0) is 9.59 Å². The van der Waals surface area contributed by atoms with Gasteiger partial charge >= 0.3 is 6.15 Å². The van der Waals surface area contributed by atoms with Crippen molar-refractivity contribution in [2.24, 2.45) is 0 Å². The lowest BCUT2D eigenvalue weighted by Gasteiger charge is -2.12. The van der Waals surface area contributed by atoms with Crippen LogP contribution in [0.3, 0.4) is 0 Å². The number of fused-ring (bicyclic) bond motifs is 1. The summed E-state index contributed by atoms with van der Waals surface area (Å²) < 4.78 is 11.5. The number of benzene rings is 2. The smallest absolute Gasteiger partial charge is 0.373 e. The van der Waals surface area contributed by atoms with E-state index < -0.39 is 0 Å². The van der Waals surface area contributed by atoms with Crippen molar-refractivity contribution in [2.75, 3.05) is 18.9 Å². The van der Waals surface area contributed by atoms with E-state index in [9.17, 15) is 0 Å². The van der Waals surface area contributed by atoms with E-state index in [0.29, 0.717) is 18.9 Å². The zero-order valence-corrected chi connectivity index (χ0v) is 14.5. The second kappa shape index (κ2) is 9.81. The van der Waals surface area contributed by atoms with E-state index in [0.717, 1.165) is 34.5 Å². The molecular weight excluding hydrogens is 332 g/mol. The highest BCUT2D eigenvalue weighted by molar-refractivity contribution is 5.95. The van der Waals surface area contributed by atoms with Gasteiger partial charge in [-0.2, -0.15) is 9.59 Å². The Morgan fingerprint density at radius 3 is 2.42 bits per heavy atom. The number of pyridine rings is 1. The van der Waals surface area contributed by atoms with E-state index in [4.69, 9.17) is 24.8 Å². The predicted molar refractivity (Wildman–Crippen MR) is 97.9 cm³/mol. The van der Waals surface area contributed by atoms with E-state index in [1.165, 1.54) is 0 Å². The molecule has 0 aliphatic rings. The number of nitrogen functional groups attached to an aromatic ring is 1. The minimum Gasteiger partial charge on any atom is -0.493 e. The quantitative estimate of drug-likeness (QED) is 0.684. The molecule has 1 heterocycles. The summed E-state index contributed by atoms with van der Waals surface area (Å²) in [4.78, 5) is 20.7. The summed E-state index contributed by atoms with van der Waals surface area (Å²) >= 11 is 0. The topological polar surface area (TPSA) is 91.5 Å². The Labute approximate surface area is 151 Å². The van der Waals surface area contributed by atoms with Crippen LogP contribution in [0.2, 0.25) is 0 Å². The molecule has 6 heteroatoms. The molecule has 0 aliphatic carbocycles. The number of hydrogen-bond donors (Lipinski definition) is 1. The zero-order chi connectivity index (χ0) is 18.8. The Kier molecular flexibility index (Phi) is 7.16. The van der Waals surface area contributed by atoms with Crippen molar-refractivity contribution in [2.45, 2.75) is 13.3 Å². The Morgan fingerprint density at radius 1 is 1.00 bits per heavy atom. The van der Waals surface area contributed by atoms with Gasteiger partial charge in [-0.3, -0.25) is 4.98 Å². The van der Waals surface area contributed by atoms with E-state index in [-0.39, 0.29) is 6.15 Å². The fraction of sp³-hybridized carbons (Fsp3) is 0.200. The lowest BCUT2D eigenvalue weighted by Crippen LogP contribution is -2.05. The van der Waals surface area contributed by atoms with Gasteiger partial charge in [0.2, 0.25) is 0 Å². The first kappa shape index (κ1) is 19.0. The summed E-state index contributed by atoms with van der Waals surface area (Å²) in [5, 5.41) is 0.877. The van der Waals surface area contributed by atoms with Crippen LogP contribution in [0.1, 0.15) is 12.1 Å². The van der Waals surface area contributed by atoms with Gasteiger partial charge in [0.25, 0.3) is 0 Å². The van der Waals surface area contributed by atoms with E-state index in [1.807, 2.05) is 61.5 Å². The van der Waals surface area contributed by atoms with Crippen molar-refractivity contribution in [3.63, 3.8) is 0 Å². The molecule has 0 bridgehead atoms. The van der Waals surface area contributed by atoms with Crippen molar-refractivity contribution in [1.29, 1.82) is 0 Å². The van der Waals surface area contributed by atoms with Crippen LogP contribution in [0.4, 0.5) is 5.69 Å². The molecular formula is C20H20N2O4. The summed E-state index contributed by atoms with van der Waals surface area (Å²) in [5.74, 6) is 1.65. The number of nitrogens with zero attached hydrogens (tertiary/aromatic N) is 1. The summed E-state index contributed by atoms with van der Waals surface area (Å²) in [6.45, 7) is 3.12. The molecule has 0 radical (unpaired) electrons. The average molecular weight is 352 g/mol. The van der Waals surface area contributed by atoms with Crippen LogP contribution in [0.15, 0.2) is 54.6 Å². The van der Waals surface area contributed by atoms with Gasteiger partial charge in [-0.05, 0) is 37.3 Å². The maximum Gasteiger partial charge on any atom is 0.373 e. The van der Waals surface area contributed by atoms with Gasteiger partial charge in [-0.15, -0.1) is 0 Å². The Hall–Kier alpha value is -3.37. The molecule has 0 saturated heterocycles. The first-order valence-corrected chi connectivity index (χ1v) is 8.11. The van der Waals surface area contributed by atoms with Crippen LogP contribution in [0.25, 0.3) is 10.9 Å². The van der Waals surface area contributed by atoms with Crippen molar-refractivity contribution in [3.05, 3.63) is 60.3 Å². The Morgan fingerprint density at radius 2 is 1.69 bits per heavy atom. The highest BCUT2D eigenvalue weighted by Crippen LogP contribution is 2.30. The fourth-order valence-corrected chi connectivity index (χ4v) is 2.49.